The minimum absolute atomic E-state index is 0.780. The zero-order chi connectivity index (χ0) is 13.2. The van der Waals surface area contributed by atoms with Crippen molar-refractivity contribution in [2.45, 2.75) is 13.3 Å². The maximum Gasteiger partial charge on any atom is 0.136 e. The molecule has 3 aromatic rings. The van der Waals surface area contributed by atoms with Crippen molar-refractivity contribution in [3.63, 3.8) is 0 Å². The van der Waals surface area contributed by atoms with Crippen LogP contribution in [0.5, 0.6) is 0 Å². The van der Waals surface area contributed by atoms with Crippen LogP contribution in [0.3, 0.4) is 0 Å². The highest BCUT2D eigenvalue weighted by atomic mass is 16.3. The third kappa shape index (κ3) is 2.17. The molecule has 2 aromatic heterocycles. The zero-order valence-electron chi connectivity index (χ0n) is 10.9. The van der Waals surface area contributed by atoms with Crippen molar-refractivity contribution in [3.8, 4) is 0 Å². The Morgan fingerprint density at radius 1 is 1.21 bits per heavy atom. The van der Waals surface area contributed by atoms with Gasteiger partial charge in [0.2, 0.25) is 0 Å². The summed E-state index contributed by atoms with van der Waals surface area (Å²) in [4.78, 5) is 4.37. The summed E-state index contributed by atoms with van der Waals surface area (Å²) in [6.07, 6.45) is 2.81. The number of pyridine rings is 1. The molecule has 0 unspecified atom stereocenters. The predicted molar refractivity (Wildman–Crippen MR) is 78.0 cm³/mol. The smallest absolute Gasteiger partial charge is 0.136 e. The van der Waals surface area contributed by atoms with E-state index in [0.717, 1.165) is 34.4 Å². The molecule has 3 rings (SSSR count). The van der Waals surface area contributed by atoms with Gasteiger partial charge in [0, 0.05) is 17.2 Å². The van der Waals surface area contributed by atoms with Crippen LogP contribution in [0.2, 0.25) is 0 Å². The van der Waals surface area contributed by atoms with E-state index < -0.39 is 0 Å². The normalized spacial score (nSPS) is 10.8. The number of nitrogens with zero attached hydrogens (tertiary/aromatic N) is 1. The minimum atomic E-state index is 0.780. The van der Waals surface area contributed by atoms with E-state index in [4.69, 9.17) is 4.42 Å². The van der Waals surface area contributed by atoms with E-state index >= 15 is 0 Å². The number of furan rings is 1. The molecular formula is C17H15NO. The van der Waals surface area contributed by atoms with Crippen molar-refractivity contribution in [3.05, 3.63) is 72.3 Å². The second kappa shape index (κ2) is 4.73. The molecule has 0 atom stereocenters. The van der Waals surface area contributed by atoms with E-state index in [0.29, 0.717) is 0 Å². The van der Waals surface area contributed by atoms with Gasteiger partial charge < -0.3 is 4.42 Å². The molecule has 0 aliphatic rings. The highest BCUT2D eigenvalue weighted by Crippen LogP contribution is 2.27. The molecule has 0 fully saturated rings. The molecule has 0 saturated heterocycles. The van der Waals surface area contributed by atoms with Crippen LogP contribution in [0.4, 0.5) is 0 Å². The molecule has 0 amide bonds. The van der Waals surface area contributed by atoms with Crippen LogP contribution in [0.25, 0.3) is 16.5 Å². The van der Waals surface area contributed by atoms with Crippen LogP contribution in [0, 0.1) is 0 Å². The maximum absolute atomic E-state index is 5.82. The first-order chi connectivity index (χ1) is 9.28. The Labute approximate surface area is 112 Å². The Morgan fingerprint density at radius 2 is 2.05 bits per heavy atom. The lowest BCUT2D eigenvalue weighted by atomic mass is 10.1. The lowest BCUT2D eigenvalue weighted by Crippen LogP contribution is -1.91. The quantitative estimate of drug-likeness (QED) is 0.685. The van der Waals surface area contributed by atoms with Crippen molar-refractivity contribution in [2.75, 3.05) is 0 Å². The van der Waals surface area contributed by atoms with Gasteiger partial charge >= 0.3 is 0 Å². The molecule has 2 heterocycles. The summed E-state index contributed by atoms with van der Waals surface area (Å²) in [5, 5.41) is 1.09. The number of hydrogen-bond donors (Lipinski definition) is 0. The molecule has 0 aliphatic heterocycles. The van der Waals surface area contributed by atoms with E-state index in [-0.39, 0.29) is 0 Å². The summed E-state index contributed by atoms with van der Waals surface area (Å²) in [7, 11) is 0. The summed E-state index contributed by atoms with van der Waals surface area (Å²) in [6.45, 7) is 6.24. The van der Waals surface area contributed by atoms with Crippen molar-refractivity contribution in [1.29, 1.82) is 0 Å². The second-order valence-electron chi connectivity index (χ2n) is 4.53. The van der Waals surface area contributed by atoms with Crippen LogP contribution < -0.4 is 0 Å². The average Bonchev–Trinajstić information content (AvgIpc) is 2.90. The second-order valence-corrected chi connectivity index (χ2v) is 4.53. The number of aromatic nitrogens is 1. The molecule has 19 heavy (non-hydrogen) atoms. The molecule has 0 bridgehead atoms. The first-order valence-corrected chi connectivity index (χ1v) is 6.41. The Balaban J connectivity index is 2.02. The molecule has 2 heteroatoms. The van der Waals surface area contributed by atoms with Crippen molar-refractivity contribution >= 4 is 16.5 Å². The third-order valence-corrected chi connectivity index (χ3v) is 3.26. The van der Waals surface area contributed by atoms with Gasteiger partial charge in [-0.1, -0.05) is 31.7 Å². The predicted octanol–water partition coefficient (Wildman–Crippen LogP) is 4.45. The maximum atomic E-state index is 5.82. The summed E-state index contributed by atoms with van der Waals surface area (Å²) in [6, 6.07) is 14.1. The fraction of sp³-hybridized carbons (Fsp3) is 0.118. The van der Waals surface area contributed by atoms with Crippen molar-refractivity contribution < 1.29 is 4.42 Å². The molecular weight excluding hydrogens is 234 g/mol. The lowest BCUT2D eigenvalue weighted by Gasteiger charge is -2.03. The number of fused-ring (bicyclic) bond motifs is 1. The molecule has 2 nitrogen and oxygen atoms in total. The Hall–Kier alpha value is -2.35. The molecule has 0 aliphatic carbocycles. The van der Waals surface area contributed by atoms with Gasteiger partial charge in [-0.15, -0.1) is 0 Å². The van der Waals surface area contributed by atoms with Gasteiger partial charge in [-0.25, -0.2) is 0 Å². The van der Waals surface area contributed by atoms with Gasteiger partial charge in [0.15, 0.2) is 0 Å². The molecule has 0 radical (unpaired) electrons. The minimum Gasteiger partial charge on any atom is -0.456 e. The van der Waals surface area contributed by atoms with E-state index in [9.17, 15) is 0 Å². The van der Waals surface area contributed by atoms with Gasteiger partial charge in [-0.2, -0.15) is 0 Å². The van der Waals surface area contributed by atoms with E-state index in [2.05, 4.69) is 24.6 Å². The third-order valence-electron chi connectivity index (χ3n) is 3.26. The van der Waals surface area contributed by atoms with Gasteiger partial charge in [0.1, 0.15) is 11.3 Å². The Bertz CT molecular complexity index is 707. The molecule has 0 saturated carbocycles. The summed E-state index contributed by atoms with van der Waals surface area (Å²) in [5.74, 6) is 0.780. The first kappa shape index (κ1) is 11.7. The number of rotatable bonds is 3. The highest BCUT2D eigenvalue weighted by Gasteiger charge is 2.10. The fourth-order valence-corrected chi connectivity index (χ4v) is 2.12. The van der Waals surface area contributed by atoms with Gasteiger partial charge in [0.05, 0.1) is 5.69 Å². The van der Waals surface area contributed by atoms with Crippen LogP contribution in [-0.2, 0) is 6.42 Å². The first-order valence-electron chi connectivity index (χ1n) is 6.41. The molecule has 0 spiro atoms. The number of para-hydroxylation sites is 1. The Kier molecular flexibility index (Phi) is 2.92. The molecule has 1 aromatic carbocycles. The standard InChI is InChI=1S/C17H15NO/c1-3-13-8-9-18-15(10-13)12(2)17-11-14-6-4-5-7-16(14)19-17/h4-11H,2-3H2,1H3. The topological polar surface area (TPSA) is 26.0 Å². The van der Waals surface area contributed by atoms with Crippen molar-refractivity contribution in [2.24, 2.45) is 0 Å². The summed E-state index contributed by atoms with van der Waals surface area (Å²) >= 11 is 0. The monoisotopic (exact) mass is 249 g/mol. The lowest BCUT2D eigenvalue weighted by molar-refractivity contribution is 0.600. The van der Waals surface area contributed by atoms with Crippen LogP contribution in [0.15, 0.2) is 59.7 Å². The van der Waals surface area contributed by atoms with Crippen LogP contribution in [-0.4, -0.2) is 4.98 Å². The van der Waals surface area contributed by atoms with Gasteiger partial charge in [-0.05, 0) is 36.2 Å². The number of hydrogen-bond acceptors (Lipinski definition) is 2. The SMILES string of the molecule is C=C(c1cc(CC)ccn1)c1cc2ccccc2o1. The van der Waals surface area contributed by atoms with E-state index in [1.54, 1.807) is 0 Å². The summed E-state index contributed by atoms with van der Waals surface area (Å²) < 4.78 is 5.82. The van der Waals surface area contributed by atoms with Gasteiger partial charge in [-0.3, -0.25) is 4.98 Å². The fourth-order valence-electron chi connectivity index (χ4n) is 2.12. The molecule has 94 valence electrons. The summed E-state index contributed by atoms with van der Waals surface area (Å²) in [5.41, 5.74) is 3.83. The zero-order valence-corrected chi connectivity index (χ0v) is 10.9. The largest absolute Gasteiger partial charge is 0.456 e. The van der Waals surface area contributed by atoms with Crippen molar-refractivity contribution in [1.82, 2.24) is 4.98 Å². The van der Waals surface area contributed by atoms with E-state index in [1.165, 1.54) is 5.56 Å². The van der Waals surface area contributed by atoms with Crippen LogP contribution >= 0.6 is 0 Å². The number of benzene rings is 1. The van der Waals surface area contributed by atoms with Gasteiger partial charge in [0.25, 0.3) is 0 Å². The molecule has 0 N–H and O–H groups in total. The average molecular weight is 249 g/mol. The van der Waals surface area contributed by atoms with E-state index in [1.807, 2.05) is 42.6 Å². The highest BCUT2D eigenvalue weighted by molar-refractivity contribution is 5.84. The van der Waals surface area contributed by atoms with Crippen LogP contribution in [0.1, 0.15) is 23.9 Å². The number of aryl methyl sites for hydroxylation is 1. The Morgan fingerprint density at radius 3 is 2.84 bits per heavy atom.